The first-order valence-electron chi connectivity index (χ1n) is 7.60. The molecular weight excluding hydrogens is 236 g/mol. The van der Waals surface area contributed by atoms with Gasteiger partial charge in [-0.1, -0.05) is 12.5 Å². The zero-order valence-electron chi connectivity index (χ0n) is 13.4. The predicted octanol–water partition coefficient (Wildman–Crippen LogP) is 2.68. The Morgan fingerprint density at radius 1 is 1.37 bits per heavy atom. The van der Waals surface area contributed by atoms with Gasteiger partial charge in [0.1, 0.15) is 0 Å². The van der Waals surface area contributed by atoms with Crippen molar-refractivity contribution in [3.05, 3.63) is 12.2 Å². The SMILES string of the molecule is C=C(C)CC(CC(C)CN1C[C@@H](C)O[C@@H](C)C1)NC. The van der Waals surface area contributed by atoms with Crippen molar-refractivity contribution in [3.8, 4) is 0 Å². The molecule has 1 aliphatic heterocycles. The Bertz CT molecular complexity index is 270. The van der Waals surface area contributed by atoms with E-state index in [1.807, 2.05) is 0 Å². The van der Waals surface area contributed by atoms with Gasteiger partial charge >= 0.3 is 0 Å². The van der Waals surface area contributed by atoms with E-state index in [9.17, 15) is 0 Å². The van der Waals surface area contributed by atoms with Gasteiger partial charge in [0.05, 0.1) is 12.2 Å². The lowest BCUT2D eigenvalue weighted by molar-refractivity contribution is -0.0713. The van der Waals surface area contributed by atoms with Crippen molar-refractivity contribution in [3.63, 3.8) is 0 Å². The van der Waals surface area contributed by atoms with Gasteiger partial charge in [-0.3, -0.25) is 4.90 Å². The molecular formula is C16H32N2O. The second-order valence-electron chi connectivity index (χ2n) is 6.46. The summed E-state index contributed by atoms with van der Waals surface area (Å²) in [6.07, 6.45) is 3.03. The molecule has 1 fully saturated rings. The van der Waals surface area contributed by atoms with Crippen LogP contribution in [0.2, 0.25) is 0 Å². The van der Waals surface area contributed by atoms with Crippen LogP contribution in [-0.4, -0.2) is 49.8 Å². The molecule has 4 atom stereocenters. The molecule has 1 N–H and O–H groups in total. The Morgan fingerprint density at radius 2 is 1.95 bits per heavy atom. The van der Waals surface area contributed by atoms with Gasteiger partial charge in [-0.2, -0.15) is 0 Å². The summed E-state index contributed by atoms with van der Waals surface area (Å²) in [6.45, 7) is 16.1. The zero-order valence-corrected chi connectivity index (χ0v) is 13.4. The van der Waals surface area contributed by atoms with Crippen LogP contribution in [0.5, 0.6) is 0 Å². The summed E-state index contributed by atoms with van der Waals surface area (Å²) < 4.78 is 5.79. The first-order valence-corrected chi connectivity index (χ1v) is 7.60. The molecule has 1 aliphatic rings. The maximum absolute atomic E-state index is 5.79. The summed E-state index contributed by atoms with van der Waals surface area (Å²) in [6, 6.07) is 0.559. The summed E-state index contributed by atoms with van der Waals surface area (Å²) in [5.74, 6) is 0.703. The molecule has 0 aromatic carbocycles. The van der Waals surface area contributed by atoms with Crippen LogP contribution in [-0.2, 0) is 4.74 Å². The highest BCUT2D eigenvalue weighted by Crippen LogP contribution is 2.17. The van der Waals surface area contributed by atoms with Crippen molar-refractivity contribution >= 4 is 0 Å². The molecule has 3 nitrogen and oxygen atoms in total. The predicted molar refractivity (Wildman–Crippen MR) is 82.5 cm³/mol. The van der Waals surface area contributed by atoms with Crippen molar-refractivity contribution < 1.29 is 4.74 Å². The fraction of sp³-hybridized carbons (Fsp3) is 0.875. The second kappa shape index (κ2) is 8.03. The summed E-state index contributed by atoms with van der Waals surface area (Å²) in [5.41, 5.74) is 1.26. The van der Waals surface area contributed by atoms with Crippen molar-refractivity contribution in [2.45, 2.75) is 58.8 Å². The highest BCUT2D eigenvalue weighted by Gasteiger charge is 2.23. The molecule has 19 heavy (non-hydrogen) atoms. The van der Waals surface area contributed by atoms with Crippen LogP contribution in [0.4, 0.5) is 0 Å². The van der Waals surface area contributed by atoms with Gasteiger partial charge < -0.3 is 10.1 Å². The van der Waals surface area contributed by atoms with Crippen LogP contribution in [0.25, 0.3) is 0 Å². The molecule has 0 spiro atoms. The smallest absolute Gasteiger partial charge is 0.0678 e. The molecule has 0 aliphatic carbocycles. The zero-order chi connectivity index (χ0) is 14.4. The van der Waals surface area contributed by atoms with E-state index in [4.69, 9.17) is 4.74 Å². The Morgan fingerprint density at radius 3 is 2.42 bits per heavy atom. The number of rotatable bonds is 7. The molecule has 0 aromatic heterocycles. The third-order valence-corrected chi connectivity index (χ3v) is 3.76. The molecule has 2 unspecified atom stereocenters. The highest BCUT2D eigenvalue weighted by atomic mass is 16.5. The molecule has 3 heteroatoms. The maximum Gasteiger partial charge on any atom is 0.0678 e. The van der Waals surface area contributed by atoms with Crippen molar-refractivity contribution in [2.75, 3.05) is 26.7 Å². The molecule has 0 amide bonds. The van der Waals surface area contributed by atoms with Gasteiger partial charge in [-0.25, -0.2) is 0 Å². The quantitative estimate of drug-likeness (QED) is 0.719. The van der Waals surface area contributed by atoms with E-state index >= 15 is 0 Å². The topological polar surface area (TPSA) is 24.5 Å². The first-order chi connectivity index (χ1) is 8.90. The summed E-state index contributed by atoms with van der Waals surface area (Å²) in [5, 5.41) is 3.42. The third kappa shape index (κ3) is 6.55. The highest BCUT2D eigenvalue weighted by molar-refractivity contribution is 4.93. The number of ether oxygens (including phenoxy) is 1. The fourth-order valence-electron chi connectivity index (χ4n) is 3.16. The van der Waals surface area contributed by atoms with Gasteiger partial charge in [0.2, 0.25) is 0 Å². The van der Waals surface area contributed by atoms with Gasteiger partial charge in [0.25, 0.3) is 0 Å². The van der Waals surface area contributed by atoms with Gasteiger partial charge in [0.15, 0.2) is 0 Å². The second-order valence-corrected chi connectivity index (χ2v) is 6.46. The summed E-state index contributed by atoms with van der Waals surface area (Å²) in [4.78, 5) is 2.55. The third-order valence-electron chi connectivity index (χ3n) is 3.76. The Kier molecular flexibility index (Phi) is 7.05. The standard InChI is InChI=1S/C16H32N2O/c1-12(2)7-16(17-6)8-13(3)9-18-10-14(4)19-15(5)11-18/h13-17H,1,7-11H2,2-6H3/t13?,14-,15+,16?. The van der Waals surface area contributed by atoms with E-state index in [-0.39, 0.29) is 0 Å². The van der Waals surface area contributed by atoms with Crippen LogP contribution in [0.1, 0.15) is 40.5 Å². The number of morpholine rings is 1. The number of hydrogen-bond acceptors (Lipinski definition) is 3. The lowest BCUT2D eigenvalue weighted by Crippen LogP contribution is -2.47. The van der Waals surface area contributed by atoms with Gasteiger partial charge in [-0.15, -0.1) is 6.58 Å². The van der Waals surface area contributed by atoms with E-state index in [1.54, 1.807) is 0 Å². The minimum absolute atomic E-state index is 0.367. The average Bonchev–Trinajstić information content (AvgIpc) is 2.25. The molecule has 0 radical (unpaired) electrons. The van der Waals surface area contributed by atoms with E-state index in [2.05, 4.69) is 51.5 Å². The number of hydrogen-bond donors (Lipinski definition) is 1. The largest absolute Gasteiger partial charge is 0.373 e. The van der Waals surface area contributed by atoms with E-state index in [0.29, 0.717) is 24.2 Å². The monoisotopic (exact) mass is 268 g/mol. The maximum atomic E-state index is 5.79. The first kappa shape index (κ1) is 16.7. The van der Waals surface area contributed by atoms with Crippen molar-refractivity contribution in [1.82, 2.24) is 10.2 Å². The van der Waals surface area contributed by atoms with Gasteiger partial charge in [0, 0.05) is 25.7 Å². The number of nitrogens with one attached hydrogen (secondary N) is 1. The molecule has 0 bridgehead atoms. The molecule has 1 heterocycles. The minimum atomic E-state index is 0.367. The lowest BCUT2D eigenvalue weighted by Gasteiger charge is -2.37. The molecule has 0 saturated carbocycles. The summed E-state index contributed by atoms with van der Waals surface area (Å²) >= 11 is 0. The van der Waals surface area contributed by atoms with E-state index in [1.165, 1.54) is 18.5 Å². The Hall–Kier alpha value is -0.380. The average molecular weight is 268 g/mol. The fourth-order valence-corrected chi connectivity index (χ4v) is 3.16. The number of nitrogens with zero attached hydrogens (tertiary/aromatic N) is 1. The Labute approximate surface area is 119 Å². The summed E-state index contributed by atoms with van der Waals surface area (Å²) in [7, 11) is 2.05. The van der Waals surface area contributed by atoms with Crippen molar-refractivity contribution in [2.24, 2.45) is 5.92 Å². The normalized spacial score (nSPS) is 28.1. The van der Waals surface area contributed by atoms with Crippen LogP contribution >= 0.6 is 0 Å². The molecule has 1 rings (SSSR count). The van der Waals surface area contributed by atoms with Crippen LogP contribution in [0, 0.1) is 5.92 Å². The van der Waals surface area contributed by atoms with Crippen molar-refractivity contribution in [1.29, 1.82) is 0 Å². The minimum Gasteiger partial charge on any atom is -0.373 e. The van der Waals surface area contributed by atoms with E-state index in [0.717, 1.165) is 19.5 Å². The Balaban J connectivity index is 2.36. The molecule has 0 aromatic rings. The molecule has 112 valence electrons. The van der Waals surface area contributed by atoms with Crippen LogP contribution in [0.15, 0.2) is 12.2 Å². The van der Waals surface area contributed by atoms with E-state index < -0.39 is 0 Å². The lowest BCUT2D eigenvalue weighted by atomic mass is 9.96. The molecule has 1 saturated heterocycles. The van der Waals surface area contributed by atoms with Crippen LogP contribution < -0.4 is 5.32 Å². The van der Waals surface area contributed by atoms with Gasteiger partial charge in [-0.05, 0) is 46.6 Å². The van der Waals surface area contributed by atoms with Crippen LogP contribution in [0.3, 0.4) is 0 Å².